The molecule has 0 aromatic heterocycles. The fourth-order valence-electron chi connectivity index (χ4n) is 5.78. The van der Waals surface area contributed by atoms with Crippen LogP contribution in [0.25, 0.3) is 0 Å². The minimum Gasteiger partial charge on any atom is -0.510 e. The molecular formula is C21H28O4. The Hall–Kier alpha value is -1.71. The van der Waals surface area contributed by atoms with Crippen molar-refractivity contribution in [1.82, 2.24) is 0 Å². The quantitative estimate of drug-likeness (QED) is 0.480. The van der Waals surface area contributed by atoms with Crippen LogP contribution in [0, 0.1) is 34.0 Å². The number of hydrogen-bond donors (Lipinski definition) is 1. The van der Waals surface area contributed by atoms with Crippen molar-refractivity contribution in [3.05, 3.63) is 23.5 Å². The zero-order chi connectivity index (χ0) is 19.1. The highest BCUT2D eigenvalue weighted by atomic mass is 16.3. The smallest absolute Gasteiger partial charge is 0.183 e. The number of Topliss-reactive ketones (excluding diaryl/α,β-unsaturated/α-hetero) is 3. The van der Waals surface area contributed by atoms with Crippen molar-refractivity contribution in [3.63, 3.8) is 0 Å². The fraction of sp³-hybridized carbons (Fsp3) is 0.667. The predicted octanol–water partition coefficient (Wildman–Crippen LogP) is 3.81. The minimum absolute atomic E-state index is 0.0468. The minimum atomic E-state index is -1.19. The summed E-state index contributed by atoms with van der Waals surface area (Å²) in [7, 11) is 0. The predicted molar refractivity (Wildman–Crippen MR) is 94.9 cm³/mol. The van der Waals surface area contributed by atoms with Gasteiger partial charge >= 0.3 is 0 Å². The van der Waals surface area contributed by atoms with Crippen molar-refractivity contribution in [1.29, 1.82) is 0 Å². The number of fused-ring (bicyclic) bond motifs is 1. The van der Waals surface area contributed by atoms with Crippen LogP contribution >= 0.6 is 0 Å². The van der Waals surface area contributed by atoms with E-state index in [4.69, 9.17) is 0 Å². The zero-order valence-corrected chi connectivity index (χ0v) is 16.0. The molecule has 25 heavy (non-hydrogen) atoms. The summed E-state index contributed by atoms with van der Waals surface area (Å²) in [5.74, 6) is -1.87. The van der Waals surface area contributed by atoms with E-state index in [0.29, 0.717) is 12.8 Å². The third-order valence-electron chi connectivity index (χ3n) is 7.19. The van der Waals surface area contributed by atoms with Crippen LogP contribution in [0.3, 0.4) is 0 Å². The first kappa shape index (κ1) is 18.1. The average molecular weight is 344 g/mol. The van der Waals surface area contributed by atoms with E-state index >= 15 is 0 Å². The van der Waals surface area contributed by atoms with E-state index < -0.39 is 22.5 Å². The van der Waals surface area contributed by atoms with E-state index in [1.54, 1.807) is 20.8 Å². The summed E-state index contributed by atoms with van der Waals surface area (Å²) in [5.41, 5.74) is -1.76. The van der Waals surface area contributed by atoms with Crippen LogP contribution in [-0.2, 0) is 14.4 Å². The van der Waals surface area contributed by atoms with Gasteiger partial charge in [-0.3, -0.25) is 14.4 Å². The highest BCUT2D eigenvalue weighted by molar-refractivity contribution is 6.32. The molecule has 0 radical (unpaired) electrons. The Balaban J connectivity index is 2.26. The zero-order valence-electron chi connectivity index (χ0n) is 16.0. The summed E-state index contributed by atoms with van der Waals surface area (Å²) >= 11 is 0. The molecule has 4 atom stereocenters. The summed E-state index contributed by atoms with van der Waals surface area (Å²) in [6, 6.07) is 0. The van der Waals surface area contributed by atoms with E-state index in [2.05, 4.69) is 20.4 Å². The van der Waals surface area contributed by atoms with Crippen LogP contribution in [0.4, 0.5) is 0 Å². The molecule has 136 valence electrons. The maximum absolute atomic E-state index is 13.5. The maximum atomic E-state index is 13.5. The van der Waals surface area contributed by atoms with Gasteiger partial charge in [-0.25, -0.2) is 0 Å². The Morgan fingerprint density at radius 1 is 1.20 bits per heavy atom. The Labute approximate surface area is 149 Å². The van der Waals surface area contributed by atoms with Gasteiger partial charge in [0.2, 0.25) is 0 Å². The number of rotatable bonds is 3. The molecule has 3 rings (SSSR count). The van der Waals surface area contributed by atoms with Crippen molar-refractivity contribution in [2.45, 2.75) is 54.4 Å². The lowest BCUT2D eigenvalue weighted by Gasteiger charge is -2.35. The van der Waals surface area contributed by atoms with Crippen molar-refractivity contribution in [2.24, 2.45) is 34.0 Å². The first-order chi connectivity index (χ1) is 11.3. The molecule has 4 nitrogen and oxygen atoms in total. The van der Waals surface area contributed by atoms with Crippen LogP contribution in [0.15, 0.2) is 23.5 Å². The summed E-state index contributed by atoms with van der Waals surface area (Å²) in [6.45, 7) is 15.3. The second-order valence-corrected chi connectivity index (χ2v) is 9.39. The first-order valence-electron chi connectivity index (χ1n) is 9.06. The van der Waals surface area contributed by atoms with Crippen molar-refractivity contribution < 1.29 is 19.5 Å². The third kappa shape index (κ3) is 1.86. The number of carbonyl (C=O) groups excluding carboxylic acids is 3. The molecule has 1 N–H and O–H groups in total. The molecule has 1 spiro atoms. The molecule has 2 fully saturated rings. The molecule has 0 heterocycles. The van der Waals surface area contributed by atoms with Crippen molar-refractivity contribution in [3.8, 4) is 0 Å². The van der Waals surface area contributed by atoms with E-state index in [0.717, 1.165) is 5.57 Å². The monoisotopic (exact) mass is 344 g/mol. The second-order valence-electron chi connectivity index (χ2n) is 9.39. The van der Waals surface area contributed by atoms with Crippen LogP contribution in [-0.4, -0.2) is 22.5 Å². The van der Waals surface area contributed by atoms with E-state index in [-0.39, 0.29) is 40.1 Å². The lowest BCUT2D eigenvalue weighted by molar-refractivity contribution is -0.144. The van der Waals surface area contributed by atoms with E-state index in [1.165, 1.54) is 0 Å². The fourth-order valence-corrected chi connectivity index (χ4v) is 5.78. The molecule has 2 bridgehead atoms. The molecule has 0 aliphatic heterocycles. The summed E-state index contributed by atoms with van der Waals surface area (Å²) < 4.78 is 0. The van der Waals surface area contributed by atoms with Gasteiger partial charge in [-0.2, -0.15) is 0 Å². The summed E-state index contributed by atoms with van der Waals surface area (Å²) in [6.07, 6.45) is 0.810. The number of hydrogen-bond acceptors (Lipinski definition) is 4. The molecule has 0 amide bonds. The Kier molecular flexibility index (Phi) is 3.56. The Morgan fingerprint density at radius 3 is 2.24 bits per heavy atom. The van der Waals surface area contributed by atoms with Crippen LogP contribution in [0.5, 0.6) is 0 Å². The van der Waals surface area contributed by atoms with Crippen molar-refractivity contribution >= 4 is 17.3 Å². The number of allylic oxidation sites excluding steroid dienone is 3. The van der Waals surface area contributed by atoms with Gasteiger partial charge in [0.1, 0.15) is 11.3 Å². The Morgan fingerprint density at radius 2 is 1.76 bits per heavy atom. The standard InChI is InChI=1S/C21H28O4/c1-10(2)12-8-21-13(19(12,5)6)9-20(7,18(21)25)16(23)14(17(21)24)15(22)11(3)4/h11-13,23H,1,8-9H2,2-7H3/t12-,13+,20+,21?/m1/s1. The molecule has 2 saturated carbocycles. The largest absolute Gasteiger partial charge is 0.510 e. The Bertz CT molecular complexity index is 754. The van der Waals surface area contributed by atoms with Gasteiger partial charge < -0.3 is 5.11 Å². The van der Waals surface area contributed by atoms with Crippen LogP contribution in [0.1, 0.15) is 54.4 Å². The lowest BCUT2D eigenvalue weighted by atomic mass is 9.64. The summed E-state index contributed by atoms with van der Waals surface area (Å²) in [5, 5.41) is 10.8. The van der Waals surface area contributed by atoms with Gasteiger partial charge in [0.05, 0.1) is 10.8 Å². The SMILES string of the molecule is C=C(C)[C@H]1CC23C(=O)C(C(=O)C(C)C)=C(O)[C@](C)(C[C@H]2C1(C)C)C3=O. The lowest BCUT2D eigenvalue weighted by Crippen LogP contribution is -2.49. The van der Waals surface area contributed by atoms with Crippen LogP contribution in [0.2, 0.25) is 0 Å². The molecule has 4 heteroatoms. The summed E-state index contributed by atoms with van der Waals surface area (Å²) in [4.78, 5) is 39.5. The molecule has 1 unspecified atom stereocenters. The number of aliphatic hydroxyl groups is 1. The number of carbonyl (C=O) groups is 3. The van der Waals surface area contributed by atoms with E-state index in [9.17, 15) is 19.5 Å². The second kappa shape index (κ2) is 4.93. The van der Waals surface area contributed by atoms with Gasteiger partial charge in [-0.15, -0.1) is 0 Å². The molecule has 0 aromatic carbocycles. The highest BCUT2D eigenvalue weighted by Crippen LogP contribution is 2.71. The van der Waals surface area contributed by atoms with Gasteiger partial charge in [-0.1, -0.05) is 39.8 Å². The molecule has 0 aromatic rings. The molecule has 3 aliphatic rings. The van der Waals surface area contributed by atoms with Gasteiger partial charge in [0.15, 0.2) is 17.3 Å². The van der Waals surface area contributed by atoms with Gasteiger partial charge in [0.25, 0.3) is 0 Å². The van der Waals surface area contributed by atoms with Gasteiger partial charge in [0, 0.05) is 5.92 Å². The average Bonchev–Trinajstić information content (AvgIpc) is 2.85. The normalized spacial score (nSPS) is 39.2. The maximum Gasteiger partial charge on any atom is 0.183 e. The molecule has 0 saturated heterocycles. The van der Waals surface area contributed by atoms with Gasteiger partial charge in [-0.05, 0) is 43.9 Å². The van der Waals surface area contributed by atoms with Crippen LogP contribution < -0.4 is 0 Å². The first-order valence-corrected chi connectivity index (χ1v) is 9.06. The van der Waals surface area contributed by atoms with Crippen molar-refractivity contribution in [2.75, 3.05) is 0 Å². The highest BCUT2D eigenvalue weighted by Gasteiger charge is 2.76. The molecular weight excluding hydrogens is 316 g/mol. The number of ketones is 3. The third-order valence-corrected chi connectivity index (χ3v) is 7.19. The van der Waals surface area contributed by atoms with E-state index in [1.807, 2.05) is 6.92 Å². The molecule has 3 aliphatic carbocycles. The number of aliphatic hydroxyl groups excluding tert-OH is 1. The topological polar surface area (TPSA) is 71.4 Å².